The van der Waals surface area contributed by atoms with Gasteiger partial charge in [0, 0.05) is 6.54 Å². The molecule has 1 nitrogen and oxygen atoms in total. The zero-order valence-corrected chi connectivity index (χ0v) is 11.2. The van der Waals surface area contributed by atoms with Crippen molar-refractivity contribution in [2.75, 3.05) is 13.1 Å². The molecule has 0 spiro atoms. The first-order valence-electron chi connectivity index (χ1n) is 7.45. The summed E-state index contributed by atoms with van der Waals surface area (Å²) in [6, 6.07) is 0. The molecule has 0 aromatic carbocycles. The molecule has 0 saturated heterocycles. The molecule has 2 saturated carbocycles. The van der Waals surface area contributed by atoms with Crippen LogP contribution in [0.1, 0.15) is 65.2 Å². The van der Waals surface area contributed by atoms with Gasteiger partial charge in [-0.2, -0.15) is 0 Å². The van der Waals surface area contributed by atoms with Crippen molar-refractivity contribution in [2.24, 2.45) is 17.3 Å². The lowest BCUT2D eigenvalue weighted by molar-refractivity contribution is 0.170. The Morgan fingerprint density at radius 1 is 1.06 bits per heavy atom. The molecule has 2 rings (SSSR count). The van der Waals surface area contributed by atoms with Gasteiger partial charge in [-0.25, -0.2) is 0 Å². The fraction of sp³-hybridized carbons (Fsp3) is 1.00. The summed E-state index contributed by atoms with van der Waals surface area (Å²) in [6.45, 7) is 7.16. The highest BCUT2D eigenvalue weighted by Gasteiger charge is 2.42. The van der Waals surface area contributed by atoms with Crippen LogP contribution in [0.2, 0.25) is 0 Å². The maximum absolute atomic E-state index is 3.60. The van der Waals surface area contributed by atoms with E-state index in [0.29, 0.717) is 5.41 Å². The van der Waals surface area contributed by atoms with Crippen molar-refractivity contribution < 1.29 is 0 Å². The molecule has 16 heavy (non-hydrogen) atoms. The summed E-state index contributed by atoms with van der Waals surface area (Å²) >= 11 is 0. The Labute approximate surface area is 101 Å². The second-order valence-corrected chi connectivity index (χ2v) is 6.42. The van der Waals surface area contributed by atoms with Crippen LogP contribution < -0.4 is 5.32 Å². The summed E-state index contributed by atoms with van der Waals surface area (Å²) in [4.78, 5) is 0. The van der Waals surface area contributed by atoms with Crippen molar-refractivity contribution in [3.63, 3.8) is 0 Å². The van der Waals surface area contributed by atoms with Gasteiger partial charge < -0.3 is 5.32 Å². The summed E-state index contributed by atoms with van der Waals surface area (Å²) in [6.07, 6.45) is 12.0. The van der Waals surface area contributed by atoms with E-state index in [4.69, 9.17) is 0 Å². The van der Waals surface area contributed by atoms with Crippen molar-refractivity contribution in [1.82, 2.24) is 5.32 Å². The number of rotatable bonds is 6. The van der Waals surface area contributed by atoms with Crippen molar-refractivity contribution >= 4 is 0 Å². The lowest BCUT2D eigenvalue weighted by Crippen LogP contribution is -2.35. The smallest absolute Gasteiger partial charge is 0.000780 e. The largest absolute Gasteiger partial charge is 0.316 e. The summed E-state index contributed by atoms with van der Waals surface area (Å²) in [7, 11) is 0. The molecule has 0 aromatic rings. The Balaban J connectivity index is 1.85. The minimum absolute atomic E-state index is 0.609. The minimum Gasteiger partial charge on any atom is -0.316 e. The number of nitrogens with one attached hydrogen (secondary N) is 1. The molecule has 0 bridgehead atoms. The first-order valence-corrected chi connectivity index (χ1v) is 7.45. The molecule has 0 amide bonds. The van der Waals surface area contributed by atoms with Crippen LogP contribution in [0, 0.1) is 17.3 Å². The molecule has 1 heteroatoms. The quantitative estimate of drug-likeness (QED) is 0.718. The van der Waals surface area contributed by atoms with Crippen LogP contribution in [0.3, 0.4) is 0 Å². The summed E-state index contributed by atoms with van der Waals surface area (Å²) in [5, 5.41) is 3.60. The summed E-state index contributed by atoms with van der Waals surface area (Å²) in [5.74, 6) is 2.08. The van der Waals surface area contributed by atoms with Crippen LogP contribution in [0.25, 0.3) is 0 Å². The van der Waals surface area contributed by atoms with Gasteiger partial charge >= 0.3 is 0 Å². The van der Waals surface area contributed by atoms with Crippen LogP contribution >= 0.6 is 0 Å². The van der Waals surface area contributed by atoms with Gasteiger partial charge in [-0.3, -0.25) is 0 Å². The average Bonchev–Trinajstić information content (AvgIpc) is 3.12. The molecular weight excluding hydrogens is 194 g/mol. The van der Waals surface area contributed by atoms with Gasteiger partial charge in [-0.1, -0.05) is 46.0 Å². The Hall–Kier alpha value is -0.0400. The highest BCUT2D eigenvalue weighted by atomic mass is 14.9. The fourth-order valence-corrected chi connectivity index (χ4v) is 3.62. The van der Waals surface area contributed by atoms with E-state index in [-0.39, 0.29) is 0 Å². The molecule has 94 valence electrons. The Bertz CT molecular complexity index is 203. The molecule has 0 radical (unpaired) electrons. The van der Waals surface area contributed by atoms with Gasteiger partial charge in [0.2, 0.25) is 0 Å². The van der Waals surface area contributed by atoms with Crippen molar-refractivity contribution in [3.8, 4) is 0 Å². The van der Waals surface area contributed by atoms with Gasteiger partial charge in [0.25, 0.3) is 0 Å². The second-order valence-electron chi connectivity index (χ2n) is 6.42. The zero-order chi connectivity index (χ0) is 11.4. The maximum Gasteiger partial charge on any atom is 0.000780 e. The van der Waals surface area contributed by atoms with E-state index in [0.717, 1.165) is 18.4 Å². The van der Waals surface area contributed by atoms with Crippen LogP contribution in [-0.2, 0) is 0 Å². The van der Waals surface area contributed by atoms with Gasteiger partial charge in [-0.15, -0.1) is 0 Å². The average molecular weight is 223 g/mol. The second kappa shape index (κ2) is 5.53. The highest BCUT2D eigenvalue weighted by molar-refractivity contribution is 4.94. The maximum atomic E-state index is 3.60. The van der Waals surface area contributed by atoms with Crippen molar-refractivity contribution in [1.29, 1.82) is 0 Å². The van der Waals surface area contributed by atoms with E-state index in [1.165, 1.54) is 57.9 Å². The van der Waals surface area contributed by atoms with E-state index in [1.807, 2.05) is 0 Å². The molecular formula is C15H29N. The monoisotopic (exact) mass is 223 g/mol. The standard InChI is InChI=1S/C15H29N/c1-3-16-12-15(2,14-9-10-14)11-13-7-5-4-6-8-13/h13-14,16H,3-12H2,1-2H3. The molecule has 2 fully saturated rings. The normalized spacial score (nSPS) is 26.6. The van der Waals surface area contributed by atoms with Gasteiger partial charge in [0.05, 0.1) is 0 Å². The first kappa shape index (κ1) is 12.4. The van der Waals surface area contributed by atoms with E-state index in [1.54, 1.807) is 0 Å². The SMILES string of the molecule is CCNCC(C)(CC1CCCCC1)C1CC1. The van der Waals surface area contributed by atoms with E-state index < -0.39 is 0 Å². The lowest BCUT2D eigenvalue weighted by Gasteiger charge is -2.35. The zero-order valence-electron chi connectivity index (χ0n) is 11.2. The summed E-state index contributed by atoms with van der Waals surface area (Å²) in [5.41, 5.74) is 0.609. The van der Waals surface area contributed by atoms with E-state index in [9.17, 15) is 0 Å². The molecule has 0 aliphatic heterocycles. The fourth-order valence-electron chi connectivity index (χ4n) is 3.62. The van der Waals surface area contributed by atoms with E-state index >= 15 is 0 Å². The molecule has 0 heterocycles. The third-order valence-electron chi connectivity index (χ3n) is 4.82. The van der Waals surface area contributed by atoms with Crippen molar-refractivity contribution in [2.45, 2.75) is 65.2 Å². The minimum atomic E-state index is 0.609. The molecule has 1 unspecified atom stereocenters. The molecule has 2 aliphatic rings. The van der Waals surface area contributed by atoms with E-state index in [2.05, 4.69) is 19.2 Å². The lowest BCUT2D eigenvalue weighted by atomic mass is 9.72. The summed E-state index contributed by atoms with van der Waals surface area (Å²) < 4.78 is 0. The van der Waals surface area contributed by atoms with Crippen LogP contribution in [0.15, 0.2) is 0 Å². The topological polar surface area (TPSA) is 12.0 Å². The Morgan fingerprint density at radius 2 is 1.75 bits per heavy atom. The van der Waals surface area contributed by atoms with Crippen molar-refractivity contribution in [3.05, 3.63) is 0 Å². The molecule has 1 atom stereocenters. The van der Waals surface area contributed by atoms with Crippen LogP contribution in [-0.4, -0.2) is 13.1 Å². The molecule has 2 aliphatic carbocycles. The third kappa shape index (κ3) is 3.23. The highest BCUT2D eigenvalue weighted by Crippen LogP contribution is 2.50. The number of hydrogen-bond donors (Lipinski definition) is 1. The first-order chi connectivity index (χ1) is 7.74. The predicted molar refractivity (Wildman–Crippen MR) is 70.6 cm³/mol. The van der Waals surface area contributed by atoms with Crippen LogP contribution in [0.4, 0.5) is 0 Å². The Kier molecular flexibility index (Phi) is 4.29. The Morgan fingerprint density at radius 3 is 2.31 bits per heavy atom. The van der Waals surface area contributed by atoms with Crippen LogP contribution in [0.5, 0.6) is 0 Å². The third-order valence-corrected chi connectivity index (χ3v) is 4.82. The molecule has 0 aromatic heterocycles. The predicted octanol–water partition coefficient (Wildman–Crippen LogP) is 3.98. The van der Waals surface area contributed by atoms with Gasteiger partial charge in [0.1, 0.15) is 0 Å². The van der Waals surface area contributed by atoms with Gasteiger partial charge in [-0.05, 0) is 43.1 Å². The molecule has 1 N–H and O–H groups in total. The van der Waals surface area contributed by atoms with Gasteiger partial charge in [0.15, 0.2) is 0 Å². The number of hydrogen-bond acceptors (Lipinski definition) is 1.